The van der Waals surface area contributed by atoms with Crippen LogP contribution >= 0.6 is 0 Å². The Morgan fingerprint density at radius 3 is 1.76 bits per heavy atom. The van der Waals surface area contributed by atoms with Crippen LogP contribution in [0.15, 0.2) is 12.2 Å². The third kappa shape index (κ3) is 4.33. The first kappa shape index (κ1) is 15.6. The Labute approximate surface area is 122 Å². The molecule has 2 N–H and O–H groups in total. The SMILES string of the molecule is CNC(=O)OC1/C=C/C(OC(=O)NC)CC2OCOC2C1. The molecule has 0 spiro atoms. The summed E-state index contributed by atoms with van der Waals surface area (Å²) in [5.74, 6) is 0. The van der Waals surface area contributed by atoms with E-state index in [2.05, 4.69) is 10.6 Å². The molecule has 1 aliphatic heterocycles. The number of nitrogens with one attached hydrogen (secondary N) is 2. The third-order valence-electron chi connectivity index (χ3n) is 3.37. The molecule has 0 aromatic carbocycles. The standard InChI is InChI=1S/C13H20N2O6/c1-14-12(16)20-8-3-4-9(21-13(17)15-2)6-11-10(5-8)18-7-19-11/h3-4,8-11H,5-7H2,1-2H3,(H,14,16)(H,15,17)/b4-3+. The van der Waals surface area contributed by atoms with E-state index in [4.69, 9.17) is 18.9 Å². The molecule has 2 aliphatic rings. The van der Waals surface area contributed by atoms with Crippen LogP contribution in [0.1, 0.15) is 12.8 Å². The Morgan fingerprint density at radius 2 is 1.38 bits per heavy atom. The Balaban J connectivity index is 2.07. The number of fused-ring (bicyclic) bond motifs is 1. The fourth-order valence-corrected chi connectivity index (χ4v) is 2.30. The number of hydrogen-bond acceptors (Lipinski definition) is 6. The van der Waals surface area contributed by atoms with Crippen molar-refractivity contribution in [2.45, 2.75) is 37.3 Å². The first-order valence-electron chi connectivity index (χ1n) is 6.80. The lowest BCUT2D eigenvalue weighted by Crippen LogP contribution is -2.37. The highest BCUT2D eigenvalue weighted by atomic mass is 16.7. The maximum atomic E-state index is 11.3. The fraction of sp³-hybridized carbons (Fsp3) is 0.692. The van der Waals surface area contributed by atoms with E-state index in [1.165, 1.54) is 14.1 Å². The summed E-state index contributed by atoms with van der Waals surface area (Å²) in [6.07, 6.45) is 2.06. The van der Waals surface area contributed by atoms with E-state index in [1.807, 2.05) is 0 Å². The normalized spacial score (nSPS) is 33.0. The van der Waals surface area contributed by atoms with Crippen LogP contribution in [0.4, 0.5) is 9.59 Å². The van der Waals surface area contributed by atoms with Crippen molar-refractivity contribution in [1.29, 1.82) is 0 Å². The summed E-state index contributed by atoms with van der Waals surface area (Å²) in [6.45, 7) is 0.189. The van der Waals surface area contributed by atoms with Crippen molar-refractivity contribution in [3.05, 3.63) is 12.2 Å². The fourth-order valence-electron chi connectivity index (χ4n) is 2.30. The Kier molecular flexibility index (Phi) is 5.40. The topological polar surface area (TPSA) is 95.1 Å². The van der Waals surface area contributed by atoms with E-state index in [-0.39, 0.29) is 19.0 Å². The van der Waals surface area contributed by atoms with Gasteiger partial charge >= 0.3 is 12.2 Å². The van der Waals surface area contributed by atoms with Crippen LogP contribution in [0, 0.1) is 0 Å². The molecular weight excluding hydrogens is 280 g/mol. The number of rotatable bonds is 2. The minimum absolute atomic E-state index is 0.189. The molecule has 2 rings (SSSR count). The lowest BCUT2D eigenvalue weighted by atomic mass is 9.97. The van der Waals surface area contributed by atoms with Crippen LogP contribution in [0.25, 0.3) is 0 Å². The van der Waals surface area contributed by atoms with E-state index in [9.17, 15) is 9.59 Å². The molecule has 1 saturated heterocycles. The first-order valence-corrected chi connectivity index (χ1v) is 6.80. The van der Waals surface area contributed by atoms with Crippen molar-refractivity contribution in [2.24, 2.45) is 0 Å². The smallest absolute Gasteiger partial charge is 0.407 e. The number of carbonyl (C=O) groups excluding carboxylic acids is 2. The summed E-state index contributed by atoms with van der Waals surface area (Å²) >= 11 is 0. The monoisotopic (exact) mass is 300 g/mol. The van der Waals surface area contributed by atoms with Gasteiger partial charge in [0.25, 0.3) is 0 Å². The summed E-state index contributed by atoms with van der Waals surface area (Å²) < 4.78 is 21.5. The van der Waals surface area contributed by atoms with Gasteiger partial charge in [-0.25, -0.2) is 9.59 Å². The molecule has 0 saturated carbocycles. The summed E-state index contributed by atoms with van der Waals surface area (Å²) in [5.41, 5.74) is 0. The van der Waals surface area contributed by atoms with E-state index in [1.54, 1.807) is 12.2 Å². The Morgan fingerprint density at radius 1 is 0.952 bits per heavy atom. The molecule has 8 heteroatoms. The molecule has 4 atom stereocenters. The molecule has 0 radical (unpaired) electrons. The van der Waals surface area contributed by atoms with Crippen LogP contribution in [-0.4, -0.2) is 57.5 Å². The maximum Gasteiger partial charge on any atom is 0.407 e. The molecule has 0 bridgehead atoms. The van der Waals surface area contributed by atoms with E-state index >= 15 is 0 Å². The van der Waals surface area contributed by atoms with Crippen LogP contribution in [0.5, 0.6) is 0 Å². The predicted octanol–water partition coefficient (Wildman–Crippen LogP) is 0.527. The van der Waals surface area contributed by atoms with Gasteiger partial charge in [-0.2, -0.15) is 0 Å². The van der Waals surface area contributed by atoms with E-state index in [0.29, 0.717) is 12.8 Å². The average Bonchev–Trinajstić information content (AvgIpc) is 2.88. The molecule has 2 amide bonds. The van der Waals surface area contributed by atoms with Gasteiger partial charge < -0.3 is 29.6 Å². The largest absolute Gasteiger partial charge is 0.442 e. The van der Waals surface area contributed by atoms with Gasteiger partial charge in [-0.05, 0) is 12.2 Å². The van der Waals surface area contributed by atoms with Gasteiger partial charge in [0.1, 0.15) is 19.0 Å². The molecular formula is C13H20N2O6. The van der Waals surface area contributed by atoms with Crippen LogP contribution in [-0.2, 0) is 18.9 Å². The summed E-state index contributed by atoms with van der Waals surface area (Å²) in [4.78, 5) is 22.7. The van der Waals surface area contributed by atoms with Crippen LogP contribution in [0.2, 0.25) is 0 Å². The zero-order valence-electron chi connectivity index (χ0n) is 12.0. The number of amides is 2. The lowest BCUT2D eigenvalue weighted by Gasteiger charge is -2.26. The lowest BCUT2D eigenvalue weighted by molar-refractivity contribution is 0.0269. The van der Waals surface area contributed by atoms with Gasteiger partial charge in [0.05, 0.1) is 12.2 Å². The Hall–Kier alpha value is -1.80. The second kappa shape index (κ2) is 7.28. The molecule has 8 nitrogen and oxygen atoms in total. The van der Waals surface area contributed by atoms with Crippen molar-refractivity contribution in [3.8, 4) is 0 Å². The van der Waals surface area contributed by atoms with Crippen molar-refractivity contribution in [1.82, 2.24) is 10.6 Å². The Bertz CT molecular complexity index is 377. The molecule has 4 unspecified atom stereocenters. The van der Waals surface area contributed by atoms with Crippen molar-refractivity contribution in [3.63, 3.8) is 0 Å². The number of ether oxygens (including phenoxy) is 4. The van der Waals surface area contributed by atoms with Gasteiger partial charge in [0.15, 0.2) is 0 Å². The number of hydrogen-bond donors (Lipinski definition) is 2. The van der Waals surface area contributed by atoms with Gasteiger partial charge in [-0.3, -0.25) is 0 Å². The number of carbonyl (C=O) groups is 2. The van der Waals surface area contributed by atoms with Crippen molar-refractivity contribution in [2.75, 3.05) is 20.9 Å². The van der Waals surface area contributed by atoms with E-state index < -0.39 is 24.4 Å². The highest BCUT2D eigenvalue weighted by Crippen LogP contribution is 2.26. The molecule has 0 aromatic heterocycles. The van der Waals surface area contributed by atoms with Gasteiger partial charge in [0, 0.05) is 26.9 Å². The highest BCUT2D eigenvalue weighted by Gasteiger charge is 2.36. The zero-order chi connectivity index (χ0) is 15.2. The molecule has 1 aliphatic carbocycles. The van der Waals surface area contributed by atoms with Crippen molar-refractivity contribution >= 4 is 12.2 Å². The molecule has 0 aromatic rings. The van der Waals surface area contributed by atoms with Gasteiger partial charge in [-0.1, -0.05) is 0 Å². The zero-order valence-corrected chi connectivity index (χ0v) is 12.0. The van der Waals surface area contributed by atoms with Crippen LogP contribution < -0.4 is 10.6 Å². The quantitative estimate of drug-likeness (QED) is 0.722. The molecule has 21 heavy (non-hydrogen) atoms. The summed E-state index contributed by atoms with van der Waals surface area (Å²) in [5, 5.41) is 4.80. The maximum absolute atomic E-state index is 11.3. The molecule has 118 valence electrons. The first-order chi connectivity index (χ1) is 10.1. The molecule has 1 fully saturated rings. The van der Waals surface area contributed by atoms with Gasteiger partial charge in [0.2, 0.25) is 0 Å². The minimum atomic E-state index is -0.524. The second-order valence-corrected chi connectivity index (χ2v) is 4.77. The number of alkyl carbamates (subject to hydrolysis) is 2. The third-order valence-corrected chi connectivity index (χ3v) is 3.37. The highest BCUT2D eigenvalue weighted by molar-refractivity contribution is 5.67. The minimum Gasteiger partial charge on any atom is -0.442 e. The molecule has 1 heterocycles. The summed E-state index contributed by atoms with van der Waals surface area (Å²) in [7, 11) is 2.98. The predicted molar refractivity (Wildman–Crippen MR) is 71.6 cm³/mol. The average molecular weight is 300 g/mol. The van der Waals surface area contributed by atoms with E-state index in [0.717, 1.165) is 0 Å². The van der Waals surface area contributed by atoms with Crippen LogP contribution in [0.3, 0.4) is 0 Å². The summed E-state index contributed by atoms with van der Waals surface area (Å²) in [6, 6.07) is 0. The van der Waals surface area contributed by atoms with Gasteiger partial charge in [-0.15, -0.1) is 0 Å². The van der Waals surface area contributed by atoms with Crippen molar-refractivity contribution < 1.29 is 28.5 Å². The second-order valence-electron chi connectivity index (χ2n) is 4.77.